The Labute approximate surface area is 186 Å². The molecule has 0 bridgehead atoms. The third-order valence-corrected chi connectivity index (χ3v) is 7.86. The number of anilines is 1. The molecule has 0 saturated carbocycles. The lowest BCUT2D eigenvalue weighted by atomic mass is 10.2. The number of aromatic nitrogens is 2. The molecule has 1 aromatic heterocycles. The fraction of sp³-hybridized carbons (Fsp3) is 0.158. The Hall–Kier alpha value is -2.83. The van der Waals surface area contributed by atoms with Crippen molar-refractivity contribution in [2.24, 2.45) is 0 Å². The zero-order valence-corrected chi connectivity index (χ0v) is 18.4. The number of nitrogens with one attached hydrogen (secondary N) is 1. The Balaban J connectivity index is 1.82. The lowest BCUT2D eigenvalue weighted by Crippen LogP contribution is -2.21. The van der Waals surface area contributed by atoms with Gasteiger partial charge in [-0.2, -0.15) is 13.9 Å². The number of carbonyl (C=O) groups excluding carboxylic acids is 1. The van der Waals surface area contributed by atoms with Crippen molar-refractivity contribution in [1.82, 2.24) is 9.78 Å². The van der Waals surface area contributed by atoms with Crippen LogP contribution in [0, 0.1) is 0 Å². The number of benzene rings is 2. The van der Waals surface area contributed by atoms with Crippen molar-refractivity contribution < 1.29 is 30.4 Å². The first kappa shape index (κ1) is 22.4. The van der Waals surface area contributed by atoms with Crippen LogP contribution in [0.5, 0.6) is 0 Å². The highest BCUT2D eigenvalue weighted by Gasteiger charge is 2.35. The largest absolute Gasteiger partial charge is 0.341 e. The maximum Gasteiger partial charge on any atom is 0.341 e. The lowest BCUT2D eigenvalue weighted by Gasteiger charge is -2.13. The highest BCUT2D eigenvalue weighted by Crippen LogP contribution is 2.34. The molecule has 0 spiro atoms. The van der Waals surface area contributed by atoms with Crippen molar-refractivity contribution >= 4 is 43.0 Å². The van der Waals surface area contributed by atoms with E-state index in [0.29, 0.717) is 10.7 Å². The van der Waals surface area contributed by atoms with Gasteiger partial charge >= 0.3 is 5.76 Å². The first-order chi connectivity index (χ1) is 15.0. The van der Waals surface area contributed by atoms with E-state index in [1.54, 1.807) is 18.2 Å². The van der Waals surface area contributed by atoms with E-state index in [2.05, 4.69) is 10.4 Å². The van der Waals surface area contributed by atoms with Crippen LogP contribution in [-0.4, -0.2) is 38.3 Å². The van der Waals surface area contributed by atoms with Crippen LogP contribution in [0.15, 0.2) is 53.4 Å². The van der Waals surface area contributed by atoms with Crippen LogP contribution in [0.2, 0.25) is 5.02 Å². The van der Waals surface area contributed by atoms with E-state index in [0.717, 1.165) is 12.1 Å². The topological polar surface area (TPSA) is 115 Å². The number of sulfone groups is 2. The maximum absolute atomic E-state index is 13.1. The zero-order chi connectivity index (χ0) is 23.3. The second-order valence-corrected chi connectivity index (χ2v) is 11.3. The van der Waals surface area contributed by atoms with Crippen LogP contribution in [0.25, 0.3) is 5.69 Å². The monoisotopic (exact) mass is 501 g/mol. The van der Waals surface area contributed by atoms with Crippen molar-refractivity contribution in [2.45, 2.75) is 22.2 Å². The number of hydrogen-bond donors (Lipinski definition) is 1. The lowest BCUT2D eigenvalue weighted by molar-refractivity contribution is 0.102. The Morgan fingerprint density at radius 2 is 1.84 bits per heavy atom. The molecule has 168 valence electrons. The average Bonchev–Trinajstić information content (AvgIpc) is 3.20. The van der Waals surface area contributed by atoms with Crippen LogP contribution in [0.1, 0.15) is 21.6 Å². The van der Waals surface area contributed by atoms with E-state index in [4.69, 9.17) is 11.6 Å². The Bertz CT molecular complexity index is 1450. The molecule has 3 aromatic rings. The van der Waals surface area contributed by atoms with Crippen LogP contribution in [0.4, 0.5) is 14.6 Å². The van der Waals surface area contributed by atoms with Gasteiger partial charge in [-0.1, -0.05) is 29.8 Å². The van der Waals surface area contributed by atoms with Gasteiger partial charge in [-0.05, 0) is 30.3 Å². The summed E-state index contributed by atoms with van der Waals surface area (Å²) < 4.78 is 75.6. The predicted molar refractivity (Wildman–Crippen MR) is 112 cm³/mol. The van der Waals surface area contributed by atoms with Gasteiger partial charge in [-0.25, -0.2) is 21.5 Å². The molecule has 0 fully saturated rings. The van der Waals surface area contributed by atoms with E-state index in [9.17, 15) is 30.4 Å². The smallest absolute Gasteiger partial charge is 0.306 e. The molecule has 0 unspecified atom stereocenters. The summed E-state index contributed by atoms with van der Waals surface area (Å²) in [5, 5.41) is 7.09. The van der Waals surface area contributed by atoms with Crippen LogP contribution in [0.3, 0.4) is 0 Å². The van der Waals surface area contributed by atoms with Gasteiger partial charge in [-0.3, -0.25) is 4.79 Å². The van der Waals surface area contributed by atoms with Crippen molar-refractivity contribution in [3.8, 4) is 5.69 Å². The van der Waals surface area contributed by atoms with Gasteiger partial charge in [0.1, 0.15) is 5.82 Å². The van der Waals surface area contributed by atoms with Gasteiger partial charge in [0.15, 0.2) is 9.84 Å². The molecule has 0 radical (unpaired) electrons. The van der Waals surface area contributed by atoms with Gasteiger partial charge < -0.3 is 5.32 Å². The number of halogens is 3. The first-order valence-corrected chi connectivity index (χ1v) is 12.7. The van der Waals surface area contributed by atoms with Crippen molar-refractivity contribution in [3.63, 3.8) is 0 Å². The van der Waals surface area contributed by atoms with Gasteiger partial charge in [-0.15, -0.1) is 0 Å². The summed E-state index contributed by atoms with van der Waals surface area (Å²) in [5.41, 5.74) is 0.343. The number of fused-ring (bicyclic) bond motifs is 1. The van der Waals surface area contributed by atoms with E-state index in [1.165, 1.54) is 22.9 Å². The number of rotatable bonds is 5. The van der Waals surface area contributed by atoms with Crippen molar-refractivity contribution in [1.29, 1.82) is 0 Å². The molecule has 0 aliphatic carbocycles. The van der Waals surface area contributed by atoms with Crippen LogP contribution < -0.4 is 5.32 Å². The predicted octanol–water partition coefficient (Wildman–Crippen LogP) is 3.20. The minimum absolute atomic E-state index is 0.0161. The zero-order valence-electron chi connectivity index (χ0n) is 16.0. The maximum atomic E-state index is 13.1. The Morgan fingerprint density at radius 3 is 2.53 bits per heavy atom. The molecule has 2 heterocycles. The van der Waals surface area contributed by atoms with Crippen LogP contribution in [-0.2, 0) is 31.2 Å². The number of alkyl halides is 2. The number of nitrogens with zero attached hydrogens (tertiary/aromatic N) is 2. The Morgan fingerprint density at radius 1 is 1.12 bits per heavy atom. The van der Waals surface area contributed by atoms with Crippen molar-refractivity contribution in [3.05, 3.63) is 70.4 Å². The molecular formula is C19H14ClF2N3O5S2. The molecule has 1 aliphatic rings. The molecule has 2 aromatic carbocycles. The SMILES string of the molecule is O=C(Nc1c2c(nn1-c1cccc(Cl)c1)CS(=O)(=O)C2)c1ccccc1S(=O)(=O)C(F)F. The summed E-state index contributed by atoms with van der Waals surface area (Å²) in [6.07, 6.45) is 0. The highest BCUT2D eigenvalue weighted by atomic mass is 35.5. The molecule has 0 saturated heterocycles. The number of hydrogen-bond acceptors (Lipinski definition) is 6. The Kier molecular flexibility index (Phi) is 5.55. The quantitative estimate of drug-likeness (QED) is 0.574. The summed E-state index contributed by atoms with van der Waals surface area (Å²) in [7, 11) is -8.54. The fourth-order valence-corrected chi connectivity index (χ4v) is 5.94. The second kappa shape index (κ2) is 7.94. The molecule has 8 nitrogen and oxygen atoms in total. The second-order valence-electron chi connectivity index (χ2n) is 6.95. The first-order valence-electron chi connectivity index (χ1n) is 8.99. The highest BCUT2D eigenvalue weighted by molar-refractivity contribution is 7.91. The van der Waals surface area contributed by atoms with E-state index < -0.39 is 47.6 Å². The normalized spacial score (nSPS) is 15.0. The standard InChI is InChI=1S/C19H14ClF2N3O5S2/c20-11-4-3-5-12(8-11)25-17(14-9-31(27,28)10-15(14)24-25)23-18(26)13-6-1-2-7-16(13)32(29,30)19(21)22/h1-8,19H,9-10H2,(H,23,26). The molecule has 1 amide bonds. The summed E-state index contributed by atoms with van der Waals surface area (Å²) in [5.74, 6) is -5.48. The van der Waals surface area contributed by atoms with Gasteiger partial charge in [0, 0.05) is 10.6 Å². The molecule has 32 heavy (non-hydrogen) atoms. The van der Waals surface area contributed by atoms with Gasteiger partial charge in [0.2, 0.25) is 9.84 Å². The molecule has 0 atom stereocenters. The molecule has 1 aliphatic heterocycles. The van der Waals surface area contributed by atoms with Crippen molar-refractivity contribution in [2.75, 3.05) is 5.32 Å². The van der Waals surface area contributed by atoms with Gasteiger partial charge in [0.05, 0.1) is 33.3 Å². The minimum atomic E-state index is -5.06. The third kappa shape index (κ3) is 4.00. The molecule has 13 heteroatoms. The summed E-state index contributed by atoms with van der Waals surface area (Å²) in [6, 6.07) is 10.9. The molecule has 4 rings (SSSR count). The average molecular weight is 502 g/mol. The summed E-state index contributed by atoms with van der Waals surface area (Å²) in [4.78, 5) is 12.1. The summed E-state index contributed by atoms with van der Waals surface area (Å²) in [6.45, 7) is 0. The van der Waals surface area contributed by atoms with E-state index in [-0.39, 0.29) is 22.8 Å². The number of carbonyl (C=O) groups is 1. The van der Waals surface area contributed by atoms with Crippen LogP contribution >= 0.6 is 11.6 Å². The van der Waals surface area contributed by atoms with Gasteiger partial charge in [0.25, 0.3) is 5.91 Å². The van der Waals surface area contributed by atoms with E-state index >= 15 is 0 Å². The minimum Gasteiger partial charge on any atom is -0.306 e. The summed E-state index contributed by atoms with van der Waals surface area (Å²) >= 11 is 6.03. The third-order valence-electron chi connectivity index (χ3n) is 4.75. The van der Waals surface area contributed by atoms with E-state index in [1.807, 2.05) is 0 Å². The fourth-order valence-electron chi connectivity index (χ4n) is 3.34. The molecule has 1 N–H and O–H groups in total. The number of amides is 1. The molecular weight excluding hydrogens is 488 g/mol.